The molecule has 1 saturated carbocycles. The van der Waals surface area contributed by atoms with E-state index in [1.807, 2.05) is 0 Å². The van der Waals surface area contributed by atoms with Crippen LogP contribution >= 0.6 is 11.6 Å². The zero-order valence-electron chi connectivity index (χ0n) is 12.8. The van der Waals surface area contributed by atoms with Crippen LogP contribution in [0.4, 0.5) is 0 Å². The van der Waals surface area contributed by atoms with Gasteiger partial charge >= 0.3 is 0 Å². The molecule has 1 aromatic carbocycles. The first-order valence-electron chi connectivity index (χ1n) is 7.75. The number of rotatable bonds is 4. The third-order valence-electron chi connectivity index (χ3n) is 4.99. The molecular formula is C18H27Cl. The van der Waals surface area contributed by atoms with Gasteiger partial charge < -0.3 is 0 Å². The molecule has 1 aliphatic carbocycles. The molecule has 2 unspecified atom stereocenters. The average Bonchev–Trinajstić information content (AvgIpc) is 2.76. The van der Waals surface area contributed by atoms with Crippen molar-refractivity contribution >= 4 is 11.6 Å². The Morgan fingerprint density at radius 1 is 1.26 bits per heavy atom. The van der Waals surface area contributed by atoms with Crippen molar-refractivity contribution in [3.05, 3.63) is 34.9 Å². The van der Waals surface area contributed by atoms with Crippen LogP contribution in [0.2, 0.25) is 0 Å². The van der Waals surface area contributed by atoms with Crippen molar-refractivity contribution in [1.82, 2.24) is 0 Å². The number of benzene rings is 1. The molecule has 1 aliphatic rings. The van der Waals surface area contributed by atoms with E-state index < -0.39 is 0 Å². The van der Waals surface area contributed by atoms with Crippen LogP contribution in [0.3, 0.4) is 0 Å². The lowest BCUT2D eigenvalue weighted by molar-refractivity contribution is 0.252. The Kier molecular flexibility index (Phi) is 4.61. The Morgan fingerprint density at radius 3 is 2.53 bits per heavy atom. The van der Waals surface area contributed by atoms with Crippen molar-refractivity contribution in [1.29, 1.82) is 0 Å². The van der Waals surface area contributed by atoms with E-state index in [4.69, 9.17) is 11.6 Å². The molecule has 2 atom stereocenters. The fraction of sp³-hybridized carbons (Fsp3) is 0.667. The predicted molar refractivity (Wildman–Crippen MR) is 84.9 cm³/mol. The van der Waals surface area contributed by atoms with Gasteiger partial charge in [0.2, 0.25) is 0 Å². The first kappa shape index (κ1) is 14.9. The first-order valence-corrected chi connectivity index (χ1v) is 8.19. The molecule has 0 aliphatic heterocycles. The van der Waals surface area contributed by atoms with Crippen LogP contribution in [-0.2, 0) is 12.8 Å². The topological polar surface area (TPSA) is 0 Å². The quantitative estimate of drug-likeness (QED) is 0.600. The summed E-state index contributed by atoms with van der Waals surface area (Å²) in [6.07, 6.45) is 6.09. The minimum Gasteiger partial charge on any atom is -0.117 e. The zero-order chi connectivity index (χ0) is 14.0. The SMILES string of the molecule is CCc1ccc(CC)c(C(Cl)C2CCCC2(C)C)c1. The molecule has 19 heavy (non-hydrogen) atoms. The molecule has 1 heteroatoms. The lowest BCUT2D eigenvalue weighted by atomic mass is 9.77. The van der Waals surface area contributed by atoms with Crippen LogP contribution in [0.25, 0.3) is 0 Å². The lowest BCUT2D eigenvalue weighted by Gasteiger charge is -2.32. The van der Waals surface area contributed by atoms with Crippen molar-refractivity contribution in [3.8, 4) is 0 Å². The van der Waals surface area contributed by atoms with E-state index in [0.29, 0.717) is 11.3 Å². The van der Waals surface area contributed by atoms with Gasteiger partial charge in [0.1, 0.15) is 0 Å². The van der Waals surface area contributed by atoms with Gasteiger partial charge in [-0.25, -0.2) is 0 Å². The smallest absolute Gasteiger partial charge is 0.0621 e. The monoisotopic (exact) mass is 278 g/mol. The lowest BCUT2D eigenvalue weighted by Crippen LogP contribution is -2.22. The van der Waals surface area contributed by atoms with Crippen LogP contribution in [0, 0.1) is 11.3 Å². The maximum Gasteiger partial charge on any atom is 0.0621 e. The molecule has 1 fully saturated rings. The van der Waals surface area contributed by atoms with Crippen molar-refractivity contribution in [2.24, 2.45) is 11.3 Å². The Morgan fingerprint density at radius 2 is 2.00 bits per heavy atom. The molecule has 0 saturated heterocycles. The van der Waals surface area contributed by atoms with Gasteiger partial charge in [0.05, 0.1) is 5.38 Å². The fourth-order valence-corrected chi connectivity index (χ4v) is 4.23. The van der Waals surface area contributed by atoms with Gasteiger partial charge in [-0.2, -0.15) is 0 Å². The van der Waals surface area contributed by atoms with Crippen LogP contribution in [0.1, 0.15) is 69.0 Å². The van der Waals surface area contributed by atoms with Gasteiger partial charge in [0, 0.05) is 0 Å². The summed E-state index contributed by atoms with van der Waals surface area (Å²) in [6, 6.07) is 6.89. The summed E-state index contributed by atoms with van der Waals surface area (Å²) in [7, 11) is 0. The van der Waals surface area contributed by atoms with Gasteiger partial charge in [-0.15, -0.1) is 11.6 Å². The molecule has 0 heterocycles. The third kappa shape index (κ3) is 2.99. The highest BCUT2D eigenvalue weighted by Crippen LogP contribution is 2.51. The zero-order valence-corrected chi connectivity index (χ0v) is 13.6. The molecule has 0 N–H and O–H groups in total. The normalized spacial score (nSPS) is 23.5. The molecule has 0 amide bonds. The van der Waals surface area contributed by atoms with E-state index in [1.165, 1.54) is 36.0 Å². The Labute approximate surface area is 123 Å². The summed E-state index contributed by atoms with van der Waals surface area (Å²) in [5.74, 6) is 0.617. The highest BCUT2D eigenvalue weighted by Gasteiger charge is 2.39. The van der Waals surface area contributed by atoms with Crippen molar-refractivity contribution < 1.29 is 0 Å². The number of alkyl halides is 1. The van der Waals surface area contributed by atoms with Gasteiger partial charge in [0.15, 0.2) is 0 Å². The van der Waals surface area contributed by atoms with E-state index in [1.54, 1.807) is 0 Å². The van der Waals surface area contributed by atoms with E-state index in [0.717, 1.165) is 12.8 Å². The second-order valence-electron chi connectivity index (χ2n) is 6.63. The van der Waals surface area contributed by atoms with Crippen LogP contribution in [-0.4, -0.2) is 0 Å². The van der Waals surface area contributed by atoms with Crippen molar-refractivity contribution in [2.45, 2.75) is 65.2 Å². The summed E-state index contributed by atoms with van der Waals surface area (Å²) < 4.78 is 0. The Balaban J connectivity index is 2.34. The largest absolute Gasteiger partial charge is 0.117 e. The molecule has 106 valence electrons. The van der Waals surface area contributed by atoms with Gasteiger partial charge in [-0.1, -0.05) is 52.3 Å². The van der Waals surface area contributed by atoms with E-state index in [2.05, 4.69) is 45.9 Å². The van der Waals surface area contributed by atoms with Crippen molar-refractivity contribution in [3.63, 3.8) is 0 Å². The molecule has 1 aromatic rings. The fourth-order valence-electron chi connectivity index (χ4n) is 3.56. The highest BCUT2D eigenvalue weighted by molar-refractivity contribution is 6.21. The molecule has 2 rings (SSSR count). The minimum absolute atomic E-state index is 0.180. The second-order valence-corrected chi connectivity index (χ2v) is 7.10. The van der Waals surface area contributed by atoms with Crippen LogP contribution < -0.4 is 0 Å². The Bertz CT molecular complexity index is 433. The van der Waals surface area contributed by atoms with Crippen LogP contribution in [0.5, 0.6) is 0 Å². The standard InChI is InChI=1S/C18H27Cl/c1-5-13-9-10-14(6-2)15(12-13)17(19)16-8-7-11-18(16,3)4/h9-10,12,16-17H,5-8,11H2,1-4H3. The molecule has 0 nitrogen and oxygen atoms in total. The summed E-state index contributed by atoms with van der Waals surface area (Å²) in [4.78, 5) is 0. The molecule has 0 radical (unpaired) electrons. The van der Waals surface area contributed by atoms with Gasteiger partial charge in [0.25, 0.3) is 0 Å². The summed E-state index contributed by atoms with van der Waals surface area (Å²) in [6.45, 7) is 9.21. The summed E-state index contributed by atoms with van der Waals surface area (Å²) >= 11 is 6.91. The minimum atomic E-state index is 0.180. The van der Waals surface area contributed by atoms with Crippen molar-refractivity contribution in [2.75, 3.05) is 0 Å². The summed E-state index contributed by atoms with van der Waals surface area (Å²) in [5.41, 5.74) is 4.62. The Hall–Kier alpha value is -0.490. The first-order chi connectivity index (χ1) is 8.99. The second kappa shape index (κ2) is 5.87. The third-order valence-corrected chi connectivity index (χ3v) is 5.53. The number of aryl methyl sites for hydroxylation is 2. The van der Waals surface area contributed by atoms with Gasteiger partial charge in [-0.3, -0.25) is 0 Å². The predicted octanol–water partition coefficient (Wildman–Crippen LogP) is 5.92. The van der Waals surface area contributed by atoms with Gasteiger partial charge in [-0.05, 0) is 53.7 Å². The van der Waals surface area contributed by atoms with E-state index in [-0.39, 0.29) is 5.38 Å². The number of hydrogen-bond donors (Lipinski definition) is 0. The highest BCUT2D eigenvalue weighted by atomic mass is 35.5. The molecule has 0 spiro atoms. The molecular weight excluding hydrogens is 252 g/mol. The maximum atomic E-state index is 6.91. The number of halogens is 1. The number of hydrogen-bond acceptors (Lipinski definition) is 0. The maximum absolute atomic E-state index is 6.91. The molecule has 0 bridgehead atoms. The van der Waals surface area contributed by atoms with E-state index in [9.17, 15) is 0 Å². The average molecular weight is 279 g/mol. The van der Waals surface area contributed by atoms with E-state index >= 15 is 0 Å². The van der Waals surface area contributed by atoms with Crippen LogP contribution in [0.15, 0.2) is 18.2 Å². The summed E-state index contributed by atoms with van der Waals surface area (Å²) in [5, 5.41) is 0.180. The molecule has 0 aromatic heterocycles.